The third-order valence-corrected chi connectivity index (χ3v) is 2.86. The highest BCUT2D eigenvalue weighted by Crippen LogP contribution is 2.20. The van der Waals surface area contributed by atoms with Gasteiger partial charge in [-0.25, -0.2) is 4.79 Å². The summed E-state index contributed by atoms with van der Waals surface area (Å²) in [6, 6.07) is 7.08. The number of ether oxygens (including phenoxy) is 2. The highest BCUT2D eigenvalue weighted by atomic mass is 16.5. The summed E-state index contributed by atoms with van der Waals surface area (Å²) >= 11 is 0. The van der Waals surface area contributed by atoms with Gasteiger partial charge in [-0.1, -0.05) is 12.1 Å². The summed E-state index contributed by atoms with van der Waals surface area (Å²) in [5.41, 5.74) is 1.41. The lowest BCUT2D eigenvalue weighted by molar-refractivity contribution is -0.148. The first-order valence-electron chi connectivity index (χ1n) is 7.40. The van der Waals surface area contributed by atoms with E-state index in [0.29, 0.717) is 5.69 Å². The van der Waals surface area contributed by atoms with Crippen LogP contribution in [0, 0.1) is 0 Å². The van der Waals surface area contributed by atoms with Crippen LogP contribution in [-0.2, 0) is 19.1 Å². The minimum absolute atomic E-state index is 0.0501. The number of anilines is 1. The fourth-order valence-electron chi connectivity index (χ4n) is 1.85. The first-order chi connectivity index (χ1) is 10.9. The zero-order chi connectivity index (χ0) is 17.2. The molecule has 7 heteroatoms. The molecule has 0 saturated heterocycles. The summed E-state index contributed by atoms with van der Waals surface area (Å²) in [6.45, 7) is 5.29. The molecule has 1 atom stereocenters. The Morgan fingerprint density at radius 2 is 2.00 bits per heavy atom. The van der Waals surface area contributed by atoms with E-state index in [9.17, 15) is 14.4 Å². The SMILES string of the molecule is CCOC(=O)NCCC(=O)O[C@@H](C)c1cccc(NC(C)=O)c1. The Balaban J connectivity index is 2.45. The van der Waals surface area contributed by atoms with Crippen molar-refractivity contribution >= 4 is 23.7 Å². The second kappa shape index (κ2) is 9.45. The number of rotatable bonds is 7. The highest BCUT2D eigenvalue weighted by molar-refractivity contribution is 5.88. The van der Waals surface area contributed by atoms with E-state index in [4.69, 9.17) is 4.74 Å². The number of carbonyl (C=O) groups excluding carboxylic acids is 3. The normalized spacial score (nSPS) is 11.3. The van der Waals surface area contributed by atoms with Gasteiger partial charge < -0.3 is 20.1 Å². The van der Waals surface area contributed by atoms with Crippen molar-refractivity contribution in [3.8, 4) is 0 Å². The monoisotopic (exact) mass is 322 g/mol. The molecule has 0 aliphatic heterocycles. The van der Waals surface area contributed by atoms with Gasteiger partial charge in [-0.15, -0.1) is 0 Å². The van der Waals surface area contributed by atoms with E-state index in [1.807, 2.05) is 0 Å². The number of carbonyl (C=O) groups is 3. The van der Waals surface area contributed by atoms with Crippen molar-refractivity contribution in [3.05, 3.63) is 29.8 Å². The van der Waals surface area contributed by atoms with Crippen LogP contribution < -0.4 is 10.6 Å². The van der Waals surface area contributed by atoms with Gasteiger partial charge in [0, 0.05) is 19.2 Å². The van der Waals surface area contributed by atoms with Crippen LogP contribution in [0.25, 0.3) is 0 Å². The average Bonchev–Trinajstić information content (AvgIpc) is 2.47. The Hall–Kier alpha value is -2.57. The van der Waals surface area contributed by atoms with E-state index in [-0.39, 0.29) is 25.5 Å². The van der Waals surface area contributed by atoms with Crippen molar-refractivity contribution in [1.29, 1.82) is 0 Å². The summed E-state index contributed by atoms with van der Waals surface area (Å²) < 4.78 is 9.98. The summed E-state index contributed by atoms with van der Waals surface area (Å²) in [5.74, 6) is -0.601. The molecule has 0 heterocycles. The first-order valence-corrected chi connectivity index (χ1v) is 7.40. The fraction of sp³-hybridized carbons (Fsp3) is 0.438. The first kappa shape index (κ1) is 18.5. The lowest BCUT2D eigenvalue weighted by Crippen LogP contribution is -2.27. The molecule has 0 bridgehead atoms. The summed E-state index contributed by atoms with van der Waals surface area (Å²) in [5, 5.41) is 5.12. The maximum Gasteiger partial charge on any atom is 0.407 e. The smallest absolute Gasteiger partial charge is 0.407 e. The van der Waals surface area contributed by atoms with Crippen LogP contribution in [0.4, 0.5) is 10.5 Å². The molecular formula is C16H22N2O5. The van der Waals surface area contributed by atoms with Crippen LogP contribution in [0.3, 0.4) is 0 Å². The number of benzene rings is 1. The van der Waals surface area contributed by atoms with Crippen molar-refractivity contribution < 1.29 is 23.9 Å². The molecule has 0 spiro atoms. The maximum absolute atomic E-state index is 11.7. The molecule has 0 radical (unpaired) electrons. The van der Waals surface area contributed by atoms with Crippen LogP contribution in [0.2, 0.25) is 0 Å². The van der Waals surface area contributed by atoms with Crippen molar-refractivity contribution in [2.24, 2.45) is 0 Å². The molecule has 2 amide bonds. The van der Waals surface area contributed by atoms with Gasteiger partial charge in [0.2, 0.25) is 5.91 Å². The Kier molecular flexibility index (Phi) is 7.59. The predicted molar refractivity (Wildman–Crippen MR) is 84.9 cm³/mol. The number of hydrogen-bond acceptors (Lipinski definition) is 5. The van der Waals surface area contributed by atoms with E-state index in [1.165, 1.54) is 6.92 Å². The molecule has 1 rings (SSSR count). The quantitative estimate of drug-likeness (QED) is 0.752. The molecule has 0 fully saturated rings. The highest BCUT2D eigenvalue weighted by Gasteiger charge is 2.13. The molecule has 0 unspecified atom stereocenters. The van der Waals surface area contributed by atoms with Gasteiger partial charge >= 0.3 is 12.1 Å². The van der Waals surface area contributed by atoms with E-state index in [1.54, 1.807) is 38.1 Å². The van der Waals surface area contributed by atoms with Gasteiger partial charge in [-0.05, 0) is 31.5 Å². The minimum atomic E-state index is -0.559. The largest absolute Gasteiger partial charge is 0.458 e. The van der Waals surface area contributed by atoms with Gasteiger partial charge in [0.1, 0.15) is 6.10 Å². The van der Waals surface area contributed by atoms with Gasteiger partial charge in [-0.2, -0.15) is 0 Å². The van der Waals surface area contributed by atoms with Crippen molar-refractivity contribution in [2.45, 2.75) is 33.3 Å². The second-order valence-electron chi connectivity index (χ2n) is 4.84. The van der Waals surface area contributed by atoms with Crippen LogP contribution in [0.1, 0.15) is 38.9 Å². The maximum atomic E-state index is 11.7. The Bertz CT molecular complexity index is 559. The lowest BCUT2D eigenvalue weighted by atomic mass is 10.1. The van der Waals surface area contributed by atoms with Gasteiger partial charge in [0.05, 0.1) is 13.0 Å². The molecule has 23 heavy (non-hydrogen) atoms. The predicted octanol–water partition coefficient (Wildman–Crippen LogP) is 2.39. The van der Waals surface area contributed by atoms with Crippen molar-refractivity contribution in [1.82, 2.24) is 5.32 Å². The van der Waals surface area contributed by atoms with Crippen LogP contribution in [-0.4, -0.2) is 31.1 Å². The molecule has 126 valence electrons. The average molecular weight is 322 g/mol. The lowest BCUT2D eigenvalue weighted by Gasteiger charge is -2.15. The topological polar surface area (TPSA) is 93.7 Å². The molecule has 0 aromatic heterocycles. The Morgan fingerprint density at radius 1 is 1.26 bits per heavy atom. The molecule has 7 nitrogen and oxygen atoms in total. The van der Waals surface area contributed by atoms with Crippen molar-refractivity contribution in [3.63, 3.8) is 0 Å². The van der Waals surface area contributed by atoms with Crippen molar-refractivity contribution in [2.75, 3.05) is 18.5 Å². The van der Waals surface area contributed by atoms with E-state index in [2.05, 4.69) is 15.4 Å². The molecule has 0 saturated carbocycles. The van der Waals surface area contributed by atoms with Gasteiger partial charge in [0.15, 0.2) is 0 Å². The Labute approximate surface area is 135 Å². The third-order valence-electron chi connectivity index (χ3n) is 2.86. The molecular weight excluding hydrogens is 300 g/mol. The van der Waals surface area contributed by atoms with E-state index >= 15 is 0 Å². The summed E-state index contributed by atoms with van der Waals surface area (Å²) in [4.78, 5) is 33.9. The second-order valence-corrected chi connectivity index (χ2v) is 4.84. The standard InChI is InChI=1S/C16H22N2O5/c1-4-22-16(21)17-9-8-15(20)23-11(2)13-6-5-7-14(10-13)18-12(3)19/h5-7,10-11H,4,8-9H2,1-3H3,(H,17,21)(H,18,19)/t11-/m0/s1. The van der Waals surface area contributed by atoms with Crippen LogP contribution >= 0.6 is 0 Å². The summed E-state index contributed by atoms with van der Waals surface area (Å²) in [7, 11) is 0. The van der Waals surface area contributed by atoms with E-state index in [0.717, 1.165) is 5.56 Å². The molecule has 1 aromatic carbocycles. The third kappa shape index (κ3) is 7.30. The fourth-order valence-corrected chi connectivity index (χ4v) is 1.85. The number of hydrogen-bond donors (Lipinski definition) is 2. The zero-order valence-corrected chi connectivity index (χ0v) is 13.5. The number of nitrogens with one attached hydrogen (secondary N) is 2. The number of esters is 1. The molecule has 2 N–H and O–H groups in total. The number of amides is 2. The summed E-state index contributed by atoms with van der Waals surface area (Å²) in [6.07, 6.45) is -0.968. The molecule has 0 aliphatic carbocycles. The van der Waals surface area contributed by atoms with Crippen LogP contribution in [0.5, 0.6) is 0 Å². The van der Waals surface area contributed by atoms with E-state index < -0.39 is 18.2 Å². The zero-order valence-electron chi connectivity index (χ0n) is 13.5. The minimum Gasteiger partial charge on any atom is -0.458 e. The Morgan fingerprint density at radius 3 is 2.65 bits per heavy atom. The van der Waals surface area contributed by atoms with Gasteiger partial charge in [-0.3, -0.25) is 9.59 Å². The number of alkyl carbamates (subject to hydrolysis) is 1. The van der Waals surface area contributed by atoms with Gasteiger partial charge in [0.25, 0.3) is 0 Å². The molecule has 0 aliphatic rings. The van der Waals surface area contributed by atoms with Crippen LogP contribution in [0.15, 0.2) is 24.3 Å². The molecule has 1 aromatic rings.